The summed E-state index contributed by atoms with van der Waals surface area (Å²) in [5.74, 6) is 1.60. The lowest BCUT2D eigenvalue weighted by Gasteiger charge is -2.30. The Hall–Kier alpha value is -3.30. The van der Waals surface area contributed by atoms with Gasteiger partial charge in [-0.25, -0.2) is 0 Å². The van der Waals surface area contributed by atoms with Crippen LogP contribution in [0, 0.1) is 0 Å². The zero-order chi connectivity index (χ0) is 21.3. The van der Waals surface area contributed by atoms with Crippen LogP contribution in [0.4, 0.5) is 0 Å². The van der Waals surface area contributed by atoms with Gasteiger partial charge in [0.05, 0.1) is 33.1 Å². The Morgan fingerprint density at radius 2 is 1.97 bits per heavy atom. The third-order valence-electron chi connectivity index (χ3n) is 5.22. The first-order valence-electron chi connectivity index (χ1n) is 9.33. The van der Waals surface area contributed by atoms with E-state index >= 15 is 0 Å². The molecule has 0 radical (unpaired) electrons. The number of hydrogen-bond acceptors (Lipinski definition) is 7. The summed E-state index contributed by atoms with van der Waals surface area (Å²) in [7, 11) is 6.24. The number of amides is 1. The molecule has 0 spiro atoms. The molecule has 1 amide bonds. The Morgan fingerprint density at radius 3 is 2.60 bits per heavy atom. The average molecular weight is 413 g/mol. The number of nitrogens with one attached hydrogen (secondary N) is 1. The highest BCUT2D eigenvalue weighted by molar-refractivity contribution is 6.00. The quantitative estimate of drug-likeness (QED) is 0.567. The Bertz CT molecular complexity index is 1030. The number of carbonyl (C=O) groups is 1. The second-order valence-corrected chi connectivity index (χ2v) is 6.71. The standard InChI is InChI=1S/C21H23N3O6/c1-26-12-7-8-14(27-2)13(10-12)20-17-18(15-6-5-9-30-15)22-23-19(17)21(25)24(20)11-16(28-3)29-4/h5-10,16,20H,11H2,1-4H3,(H,22,23). The molecule has 0 saturated heterocycles. The molecule has 1 aromatic carbocycles. The lowest BCUT2D eigenvalue weighted by atomic mass is 9.96. The van der Waals surface area contributed by atoms with Crippen molar-refractivity contribution in [3.05, 3.63) is 53.4 Å². The van der Waals surface area contributed by atoms with E-state index in [0.29, 0.717) is 34.2 Å². The van der Waals surface area contributed by atoms with Gasteiger partial charge in [0.25, 0.3) is 5.91 Å². The summed E-state index contributed by atoms with van der Waals surface area (Å²) >= 11 is 0. The third kappa shape index (κ3) is 3.21. The van der Waals surface area contributed by atoms with E-state index in [-0.39, 0.29) is 12.5 Å². The van der Waals surface area contributed by atoms with Crippen LogP contribution < -0.4 is 9.47 Å². The first kappa shape index (κ1) is 20.0. The molecule has 158 valence electrons. The molecular weight excluding hydrogens is 390 g/mol. The molecule has 0 fully saturated rings. The molecule has 1 aliphatic rings. The second-order valence-electron chi connectivity index (χ2n) is 6.71. The van der Waals surface area contributed by atoms with Gasteiger partial charge in [-0.2, -0.15) is 5.10 Å². The number of aromatic amines is 1. The highest BCUT2D eigenvalue weighted by atomic mass is 16.7. The number of hydrogen-bond donors (Lipinski definition) is 1. The van der Waals surface area contributed by atoms with Crippen molar-refractivity contribution in [3.63, 3.8) is 0 Å². The highest BCUT2D eigenvalue weighted by Crippen LogP contribution is 2.46. The van der Waals surface area contributed by atoms with Crippen molar-refractivity contribution in [3.8, 4) is 23.0 Å². The van der Waals surface area contributed by atoms with Crippen LogP contribution in [0.15, 0.2) is 41.0 Å². The number of ether oxygens (including phenoxy) is 4. The second kappa shape index (κ2) is 8.21. The minimum Gasteiger partial charge on any atom is -0.497 e. The van der Waals surface area contributed by atoms with Gasteiger partial charge in [0.15, 0.2) is 17.7 Å². The Labute approximate surface area is 173 Å². The number of furan rings is 1. The normalized spacial score (nSPS) is 15.7. The predicted octanol–water partition coefficient (Wildman–Crippen LogP) is 2.85. The molecule has 0 bridgehead atoms. The van der Waals surface area contributed by atoms with Crippen molar-refractivity contribution in [2.75, 3.05) is 35.0 Å². The van der Waals surface area contributed by atoms with E-state index in [1.807, 2.05) is 18.2 Å². The van der Waals surface area contributed by atoms with Crippen LogP contribution in [0.1, 0.15) is 27.7 Å². The molecule has 1 N–H and O–H groups in total. The van der Waals surface area contributed by atoms with Gasteiger partial charge in [0.2, 0.25) is 0 Å². The lowest BCUT2D eigenvalue weighted by Crippen LogP contribution is -2.38. The maximum absolute atomic E-state index is 13.3. The molecule has 3 aromatic rings. The SMILES string of the molecule is COc1ccc(OC)c(C2c3c(n[nH]c3-c3ccco3)C(=O)N2CC(OC)OC)c1. The topological polar surface area (TPSA) is 99.0 Å². The smallest absolute Gasteiger partial charge is 0.275 e. The van der Waals surface area contributed by atoms with Gasteiger partial charge >= 0.3 is 0 Å². The Balaban J connectivity index is 1.91. The van der Waals surface area contributed by atoms with Crippen LogP contribution >= 0.6 is 0 Å². The van der Waals surface area contributed by atoms with E-state index in [1.54, 1.807) is 37.5 Å². The van der Waals surface area contributed by atoms with Gasteiger partial charge in [0, 0.05) is 25.3 Å². The summed E-state index contributed by atoms with van der Waals surface area (Å²) in [5.41, 5.74) is 2.41. The largest absolute Gasteiger partial charge is 0.497 e. The fourth-order valence-electron chi connectivity index (χ4n) is 3.77. The molecule has 3 heterocycles. The fraction of sp³-hybridized carbons (Fsp3) is 0.333. The number of carbonyl (C=O) groups excluding carboxylic acids is 1. The molecule has 1 atom stereocenters. The number of H-pyrrole nitrogens is 1. The summed E-state index contributed by atoms with van der Waals surface area (Å²) in [6, 6.07) is 8.56. The van der Waals surface area contributed by atoms with Gasteiger partial charge < -0.3 is 28.3 Å². The van der Waals surface area contributed by atoms with E-state index in [4.69, 9.17) is 23.4 Å². The van der Waals surface area contributed by atoms with Gasteiger partial charge in [-0.3, -0.25) is 9.89 Å². The molecule has 1 unspecified atom stereocenters. The molecule has 0 saturated carbocycles. The molecular formula is C21H23N3O6. The van der Waals surface area contributed by atoms with E-state index in [2.05, 4.69) is 10.2 Å². The predicted molar refractivity (Wildman–Crippen MR) is 107 cm³/mol. The number of rotatable bonds is 8. The summed E-state index contributed by atoms with van der Waals surface area (Å²) in [6.07, 6.45) is 0.970. The van der Waals surface area contributed by atoms with E-state index in [1.165, 1.54) is 14.2 Å². The number of nitrogens with zero attached hydrogens (tertiary/aromatic N) is 2. The minimum atomic E-state index is -0.604. The summed E-state index contributed by atoms with van der Waals surface area (Å²) in [6.45, 7) is 0.199. The first-order valence-corrected chi connectivity index (χ1v) is 9.33. The van der Waals surface area contributed by atoms with Gasteiger partial charge in [0.1, 0.15) is 17.2 Å². The van der Waals surface area contributed by atoms with Crippen LogP contribution in [0.5, 0.6) is 11.5 Å². The summed E-state index contributed by atoms with van der Waals surface area (Å²) in [4.78, 5) is 15.0. The Morgan fingerprint density at radius 1 is 1.17 bits per heavy atom. The Kier molecular flexibility index (Phi) is 5.47. The van der Waals surface area contributed by atoms with Crippen molar-refractivity contribution in [1.82, 2.24) is 15.1 Å². The number of fused-ring (bicyclic) bond motifs is 1. The van der Waals surface area contributed by atoms with Crippen LogP contribution in [0.2, 0.25) is 0 Å². The van der Waals surface area contributed by atoms with E-state index < -0.39 is 12.3 Å². The number of benzene rings is 1. The molecule has 1 aliphatic heterocycles. The van der Waals surface area contributed by atoms with Crippen LogP contribution in [-0.4, -0.2) is 62.3 Å². The molecule has 0 aliphatic carbocycles. The van der Waals surface area contributed by atoms with Gasteiger partial charge in [-0.05, 0) is 30.3 Å². The highest BCUT2D eigenvalue weighted by Gasteiger charge is 2.45. The van der Waals surface area contributed by atoms with E-state index in [0.717, 1.165) is 5.56 Å². The molecule has 9 heteroatoms. The molecule has 30 heavy (non-hydrogen) atoms. The molecule has 2 aromatic heterocycles. The van der Waals surface area contributed by atoms with Crippen molar-refractivity contribution < 1.29 is 28.2 Å². The maximum atomic E-state index is 13.3. The average Bonchev–Trinajstić information content (AvgIpc) is 3.50. The number of methoxy groups -OCH3 is 4. The lowest BCUT2D eigenvalue weighted by molar-refractivity contribution is -0.113. The van der Waals surface area contributed by atoms with Crippen molar-refractivity contribution in [2.45, 2.75) is 12.3 Å². The van der Waals surface area contributed by atoms with Crippen molar-refractivity contribution >= 4 is 5.91 Å². The fourth-order valence-corrected chi connectivity index (χ4v) is 3.77. The third-order valence-corrected chi connectivity index (χ3v) is 5.22. The summed E-state index contributed by atoms with van der Waals surface area (Å²) < 4.78 is 27.3. The van der Waals surface area contributed by atoms with Gasteiger partial charge in [-0.15, -0.1) is 0 Å². The maximum Gasteiger partial charge on any atom is 0.275 e. The number of aromatic nitrogens is 2. The van der Waals surface area contributed by atoms with Crippen molar-refractivity contribution in [1.29, 1.82) is 0 Å². The minimum absolute atomic E-state index is 0.199. The van der Waals surface area contributed by atoms with Crippen molar-refractivity contribution in [2.24, 2.45) is 0 Å². The van der Waals surface area contributed by atoms with Crippen LogP contribution in [-0.2, 0) is 9.47 Å². The summed E-state index contributed by atoms with van der Waals surface area (Å²) in [5, 5.41) is 7.24. The van der Waals surface area contributed by atoms with Crippen LogP contribution in [0.3, 0.4) is 0 Å². The first-order chi connectivity index (χ1) is 14.6. The zero-order valence-corrected chi connectivity index (χ0v) is 17.2. The molecule has 9 nitrogen and oxygen atoms in total. The monoisotopic (exact) mass is 413 g/mol. The zero-order valence-electron chi connectivity index (χ0n) is 17.2. The van der Waals surface area contributed by atoms with Crippen LogP contribution in [0.25, 0.3) is 11.5 Å². The van der Waals surface area contributed by atoms with Gasteiger partial charge in [-0.1, -0.05) is 0 Å². The molecule has 4 rings (SSSR count). The van der Waals surface area contributed by atoms with E-state index in [9.17, 15) is 4.79 Å².